The van der Waals surface area contributed by atoms with E-state index in [4.69, 9.17) is 4.84 Å². The Kier molecular flexibility index (Phi) is 2.95. The molecule has 2 amide bonds. The second-order valence-electron chi connectivity index (χ2n) is 5.62. The van der Waals surface area contributed by atoms with E-state index in [-0.39, 0.29) is 23.3 Å². The van der Waals surface area contributed by atoms with Crippen molar-refractivity contribution in [2.45, 2.75) is 43.9 Å². The van der Waals surface area contributed by atoms with Crippen LogP contribution in [0.4, 0.5) is 0 Å². The highest BCUT2D eigenvalue weighted by molar-refractivity contribution is 14.1. The fraction of sp³-hybridized carbons (Fsp3) is 0.833. The van der Waals surface area contributed by atoms with Crippen molar-refractivity contribution >= 4 is 34.4 Å². The lowest BCUT2D eigenvalue weighted by Crippen LogP contribution is -2.55. The van der Waals surface area contributed by atoms with Gasteiger partial charge < -0.3 is 0 Å². The Hall–Kier alpha value is -0.210. The first kappa shape index (κ1) is 12.8. The number of halogens is 1. The van der Waals surface area contributed by atoms with Gasteiger partial charge in [-0.15, -0.1) is 0 Å². The summed E-state index contributed by atoms with van der Waals surface area (Å²) in [5.41, 5.74) is -0.309. The maximum Gasteiger partial charge on any atom is 0.261 e. The number of hydrogen-bond donors (Lipinski definition) is 0. The van der Waals surface area contributed by atoms with E-state index < -0.39 is 6.10 Å². The van der Waals surface area contributed by atoms with Crippen molar-refractivity contribution in [1.82, 2.24) is 9.96 Å². The molecule has 3 aliphatic rings. The maximum atomic E-state index is 12.2. The van der Waals surface area contributed by atoms with Crippen LogP contribution in [-0.2, 0) is 14.4 Å². The summed E-state index contributed by atoms with van der Waals surface area (Å²) in [4.78, 5) is 31.4. The molecule has 0 aromatic heterocycles. The van der Waals surface area contributed by atoms with Gasteiger partial charge in [-0.25, -0.2) is 0 Å². The van der Waals surface area contributed by atoms with Crippen molar-refractivity contribution in [1.29, 1.82) is 0 Å². The molecule has 0 radical (unpaired) electrons. The van der Waals surface area contributed by atoms with E-state index in [9.17, 15) is 9.59 Å². The SMILES string of the molecule is CN1C(=O)[C@H]2ON3[C@@H](CI)CCC[C@]3(C)[C@H]2C1=O. The van der Waals surface area contributed by atoms with Gasteiger partial charge in [-0.3, -0.25) is 19.3 Å². The van der Waals surface area contributed by atoms with E-state index >= 15 is 0 Å². The summed E-state index contributed by atoms with van der Waals surface area (Å²) in [7, 11) is 1.55. The molecule has 0 saturated carbocycles. The first-order valence-electron chi connectivity index (χ1n) is 6.34. The number of carbonyl (C=O) groups excluding carboxylic acids is 2. The first-order valence-corrected chi connectivity index (χ1v) is 7.87. The van der Waals surface area contributed by atoms with E-state index in [1.165, 1.54) is 4.90 Å². The summed E-state index contributed by atoms with van der Waals surface area (Å²) in [5.74, 6) is -0.585. The number of hydroxylamine groups is 2. The average molecular weight is 364 g/mol. The van der Waals surface area contributed by atoms with Crippen molar-refractivity contribution in [2.24, 2.45) is 5.92 Å². The second-order valence-corrected chi connectivity index (χ2v) is 6.50. The van der Waals surface area contributed by atoms with Crippen molar-refractivity contribution < 1.29 is 14.4 Å². The standard InChI is InChI=1S/C12H17IN2O3/c1-12-5-3-4-7(6-13)15(12)18-9-8(12)10(16)14(2)11(9)17/h7-9H,3-6H2,1-2H3/t7-,8-,9+,12-/m1/s1. The number of likely N-dealkylation sites (N-methyl/N-ethyl adjacent to an activating group) is 1. The third-order valence-electron chi connectivity index (χ3n) is 4.60. The number of rotatable bonds is 1. The van der Waals surface area contributed by atoms with Crippen molar-refractivity contribution in [3.63, 3.8) is 0 Å². The smallest absolute Gasteiger partial charge is 0.261 e. The molecule has 6 heteroatoms. The van der Waals surface area contributed by atoms with E-state index in [1.54, 1.807) is 7.05 Å². The molecule has 3 saturated heterocycles. The van der Waals surface area contributed by atoms with Gasteiger partial charge in [0.2, 0.25) is 5.91 Å². The Morgan fingerprint density at radius 2 is 2.17 bits per heavy atom. The molecule has 3 heterocycles. The fourth-order valence-electron chi connectivity index (χ4n) is 3.58. The molecule has 5 nitrogen and oxygen atoms in total. The monoisotopic (exact) mass is 364 g/mol. The number of imide groups is 1. The number of nitrogens with zero attached hydrogens (tertiary/aromatic N) is 2. The van der Waals surface area contributed by atoms with Crippen LogP contribution in [0, 0.1) is 5.92 Å². The highest BCUT2D eigenvalue weighted by Crippen LogP contribution is 2.49. The summed E-state index contributed by atoms with van der Waals surface area (Å²) in [5, 5.41) is 1.96. The minimum absolute atomic E-state index is 0.0795. The number of alkyl halides is 1. The van der Waals surface area contributed by atoms with Gasteiger partial charge in [0, 0.05) is 17.5 Å². The molecule has 0 aliphatic carbocycles. The van der Waals surface area contributed by atoms with Crippen LogP contribution in [0.1, 0.15) is 26.2 Å². The van der Waals surface area contributed by atoms with Gasteiger partial charge >= 0.3 is 0 Å². The molecule has 0 unspecified atom stereocenters. The van der Waals surface area contributed by atoms with Crippen LogP contribution in [0.3, 0.4) is 0 Å². The van der Waals surface area contributed by atoms with Crippen molar-refractivity contribution in [3.8, 4) is 0 Å². The van der Waals surface area contributed by atoms with Gasteiger partial charge in [0.25, 0.3) is 5.91 Å². The number of fused-ring (bicyclic) bond motifs is 3. The Morgan fingerprint density at radius 1 is 1.44 bits per heavy atom. The minimum atomic E-state index is -0.587. The lowest BCUT2D eigenvalue weighted by atomic mass is 9.76. The summed E-state index contributed by atoms with van der Waals surface area (Å²) in [6.45, 7) is 2.07. The number of carbonyl (C=O) groups is 2. The highest BCUT2D eigenvalue weighted by Gasteiger charge is 2.65. The van der Waals surface area contributed by atoms with Gasteiger partial charge in [-0.05, 0) is 26.2 Å². The highest BCUT2D eigenvalue weighted by atomic mass is 127. The fourth-order valence-corrected chi connectivity index (χ4v) is 4.38. The quantitative estimate of drug-likeness (QED) is 0.395. The van der Waals surface area contributed by atoms with Crippen LogP contribution >= 0.6 is 22.6 Å². The van der Waals surface area contributed by atoms with Crippen LogP contribution in [0.15, 0.2) is 0 Å². The van der Waals surface area contributed by atoms with Gasteiger partial charge in [0.05, 0.1) is 11.5 Å². The van der Waals surface area contributed by atoms with Crippen molar-refractivity contribution in [3.05, 3.63) is 0 Å². The molecule has 3 aliphatic heterocycles. The summed E-state index contributed by atoms with van der Waals surface area (Å²) in [6.07, 6.45) is 2.51. The van der Waals surface area contributed by atoms with Gasteiger partial charge in [0.15, 0.2) is 6.10 Å². The van der Waals surface area contributed by atoms with Gasteiger partial charge in [-0.2, -0.15) is 5.06 Å². The molecular formula is C12H17IN2O3. The predicted molar refractivity (Wildman–Crippen MR) is 72.9 cm³/mol. The Labute approximate surface area is 120 Å². The van der Waals surface area contributed by atoms with E-state index in [2.05, 4.69) is 29.5 Å². The van der Waals surface area contributed by atoms with Crippen LogP contribution < -0.4 is 0 Å². The first-order chi connectivity index (χ1) is 8.50. The lowest BCUT2D eigenvalue weighted by Gasteiger charge is -2.44. The Morgan fingerprint density at radius 3 is 2.83 bits per heavy atom. The van der Waals surface area contributed by atoms with Gasteiger partial charge in [-0.1, -0.05) is 22.6 Å². The molecule has 100 valence electrons. The molecule has 4 atom stereocenters. The zero-order valence-corrected chi connectivity index (χ0v) is 12.7. The third-order valence-corrected chi connectivity index (χ3v) is 5.62. The molecule has 0 bridgehead atoms. The van der Waals surface area contributed by atoms with Crippen molar-refractivity contribution in [2.75, 3.05) is 11.5 Å². The summed E-state index contributed by atoms with van der Waals surface area (Å²) in [6, 6.07) is 0.320. The van der Waals surface area contributed by atoms with E-state index in [0.29, 0.717) is 6.04 Å². The van der Waals surface area contributed by atoms with E-state index in [1.807, 2.05) is 5.06 Å². The van der Waals surface area contributed by atoms with Crippen LogP contribution in [0.2, 0.25) is 0 Å². The van der Waals surface area contributed by atoms with E-state index in [0.717, 1.165) is 23.7 Å². The molecule has 0 aromatic carbocycles. The zero-order chi connectivity index (χ0) is 13.1. The van der Waals surface area contributed by atoms with Gasteiger partial charge in [0.1, 0.15) is 0 Å². The second kappa shape index (κ2) is 4.14. The van der Waals surface area contributed by atoms with Crippen LogP contribution in [0.5, 0.6) is 0 Å². The van der Waals surface area contributed by atoms with Crippen LogP contribution in [0.25, 0.3) is 0 Å². The molecule has 18 heavy (non-hydrogen) atoms. The number of likely N-dealkylation sites (tertiary alicyclic amines) is 1. The molecular weight excluding hydrogens is 347 g/mol. The number of hydrogen-bond acceptors (Lipinski definition) is 4. The zero-order valence-electron chi connectivity index (χ0n) is 10.6. The molecule has 0 aromatic rings. The number of piperidine rings is 1. The Bertz CT molecular complexity index is 416. The molecule has 3 rings (SSSR count). The average Bonchev–Trinajstić information content (AvgIpc) is 2.78. The summed E-state index contributed by atoms with van der Waals surface area (Å²) >= 11 is 2.35. The molecule has 0 N–H and O–H groups in total. The van der Waals surface area contributed by atoms with Crippen LogP contribution in [-0.4, -0.2) is 50.9 Å². The maximum absolute atomic E-state index is 12.2. The predicted octanol–water partition coefficient (Wildman–Crippen LogP) is 0.963. The normalized spacial score (nSPS) is 44.4. The largest absolute Gasteiger partial charge is 0.284 e. The topological polar surface area (TPSA) is 49.9 Å². The lowest BCUT2D eigenvalue weighted by molar-refractivity contribution is -0.221. The Balaban J connectivity index is 1.99. The molecule has 0 spiro atoms. The summed E-state index contributed by atoms with van der Waals surface area (Å²) < 4.78 is 0.963. The third kappa shape index (κ3) is 1.45. The molecule has 3 fully saturated rings. The minimum Gasteiger partial charge on any atom is -0.284 e. The number of amides is 2.